The van der Waals surface area contributed by atoms with Crippen molar-refractivity contribution in [3.05, 3.63) is 70.3 Å². The van der Waals surface area contributed by atoms with E-state index >= 15 is 0 Å². The number of benzene rings is 2. The molecule has 24 heavy (non-hydrogen) atoms. The molecule has 0 saturated heterocycles. The molecule has 1 heterocycles. The molecule has 0 radical (unpaired) electrons. The van der Waals surface area contributed by atoms with Crippen LogP contribution in [0.3, 0.4) is 0 Å². The summed E-state index contributed by atoms with van der Waals surface area (Å²) in [6.45, 7) is 3.67. The number of hydrogen-bond acceptors (Lipinski definition) is 4. The molecule has 0 aliphatic rings. The lowest BCUT2D eigenvalue weighted by Gasteiger charge is -2.11. The predicted molar refractivity (Wildman–Crippen MR) is 91.8 cm³/mol. The maximum atomic E-state index is 12.3. The van der Waals surface area contributed by atoms with Gasteiger partial charge in [0.05, 0.1) is 10.9 Å². The first-order valence-electron chi connectivity index (χ1n) is 7.51. The van der Waals surface area contributed by atoms with Gasteiger partial charge in [-0.05, 0) is 43.2 Å². The molecule has 0 aliphatic carbocycles. The second-order valence-electron chi connectivity index (χ2n) is 5.53. The fraction of sp³-hybridized carbons (Fsp3) is 0.167. The lowest BCUT2D eigenvalue weighted by molar-refractivity contribution is -0.119. The third-order valence-corrected chi connectivity index (χ3v) is 3.61. The summed E-state index contributed by atoms with van der Waals surface area (Å²) < 4.78 is 6.60. The van der Waals surface area contributed by atoms with Gasteiger partial charge >= 0.3 is 0 Å². The molecule has 1 N–H and O–H groups in total. The highest BCUT2D eigenvalue weighted by Gasteiger charge is 2.08. The van der Waals surface area contributed by atoms with E-state index in [1.54, 1.807) is 24.3 Å². The standard InChI is InChI=1S/C18H17N3O3/c1-12-7-8-13(2)16(9-12)24-10-17(22)20-21-11-19-15-6-4-3-5-14(15)18(21)23/h3-9,11H,10H2,1-2H3,(H,20,22). The molecule has 3 rings (SSSR count). The third-order valence-electron chi connectivity index (χ3n) is 3.61. The van der Waals surface area contributed by atoms with E-state index in [-0.39, 0.29) is 12.2 Å². The van der Waals surface area contributed by atoms with Crippen molar-refractivity contribution in [1.82, 2.24) is 9.66 Å². The second kappa shape index (κ2) is 6.54. The minimum atomic E-state index is -0.435. The Bertz CT molecular complexity index is 963. The highest BCUT2D eigenvalue weighted by atomic mass is 16.5. The van der Waals surface area contributed by atoms with Gasteiger partial charge < -0.3 is 4.74 Å². The Hall–Kier alpha value is -3.15. The van der Waals surface area contributed by atoms with E-state index in [1.165, 1.54) is 6.33 Å². The highest BCUT2D eigenvalue weighted by Crippen LogP contribution is 2.18. The quantitative estimate of drug-likeness (QED) is 0.798. The SMILES string of the molecule is Cc1ccc(C)c(OCC(=O)Nn2cnc3ccccc3c2=O)c1. The van der Waals surface area contributed by atoms with Gasteiger partial charge in [-0.3, -0.25) is 15.0 Å². The fourth-order valence-electron chi connectivity index (χ4n) is 2.32. The number of aryl methyl sites for hydroxylation is 2. The molecule has 0 spiro atoms. The van der Waals surface area contributed by atoms with Crippen molar-refractivity contribution in [1.29, 1.82) is 0 Å². The van der Waals surface area contributed by atoms with E-state index in [0.717, 1.165) is 15.8 Å². The van der Waals surface area contributed by atoms with Gasteiger partial charge in [-0.2, -0.15) is 0 Å². The summed E-state index contributed by atoms with van der Waals surface area (Å²) in [5.74, 6) is 0.212. The zero-order valence-corrected chi connectivity index (χ0v) is 13.4. The van der Waals surface area contributed by atoms with E-state index in [4.69, 9.17) is 4.74 Å². The van der Waals surface area contributed by atoms with Crippen LogP contribution in [0.15, 0.2) is 53.6 Å². The average molecular weight is 323 g/mol. The lowest BCUT2D eigenvalue weighted by Crippen LogP contribution is -2.35. The normalized spacial score (nSPS) is 10.6. The Morgan fingerprint density at radius 1 is 1.21 bits per heavy atom. The second-order valence-corrected chi connectivity index (χ2v) is 5.53. The number of amides is 1. The number of aromatic nitrogens is 2. The van der Waals surface area contributed by atoms with E-state index in [1.807, 2.05) is 32.0 Å². The van der Waals surface area contributed by atoms with Crippen LogP contribution in [-0.2, 0) is 4.79 Å². The fourth-order valence-corrected chi connectivity index (χ4v) is 2.32. The summed E-state index contributed by atoms with van der Waals surface area (Å²) in [5, 5.41) is 0.441. The van der Waals surface area contributed by atoms with Gasteiger partial charge in [0, 0.05) is 0 Å². The summed E-state index contributed by atoms with van der Waals surface area (Å²) in [4.78, 5) is 28.5. The average Bonchev–Trinajstić information content (AvgIpc) is 2.58. The molecule has 0 aliphatic heterocycles. The van der Waals surface area contributed by atoms with Crippen LogP contribution in [0, 0.1) is 13.8 Å². The van der Waals surface area contributed by atoms with E-state index in [9.17, 15) is 9.59 Å². The smallest absolute Gasteiger partial charge is 0.280 e. The molecule has 0 unspecified atom stereocenters. The van der Waals surface area contributed by atoms with Crippen LogP contribution in [0.25, 0.3) is 10.9 Å². The van der Waals surface area contributed by atoms with Crippen molar-refractivity contribution in [3.8, 4) is 5.75 Å². The van der Waals surface area contributed by atoms with Crippen molar-refractivity contribution in [2.75, 3.05) is 12.0 Å². The molecule has 1 aromatic heterocycles. The van der Waals surface area contributed by atoms with Crippen molar-refractivity contribution in [2.24, 2.45) is 0 Å². The molecule has 6 heteroatoms. The van der Waals surface area contributed by atoms with E-state index in [2.05, 4.69) is 10.4 Å². The molecule has 0 saturated carbocycles. The van der Waals surface area contributed by atoms with Crippen LogP contribution < -0.4 is 15.7 Å². The summed E-state index contributed by atoms with van der Waals surface area (Å²) in [5.41, 5.74) is 4.72. The van der Waals surface area contributed by atoms with Crippen LogP contribution >= 0.6 is 0 Å². The van der Waals surface area contributed by atoms with Gasteiger partial charge in [0.15, 0.2) is 6.61 Å². The van der Waals surface area contributed by atoms with Crippen LogP contribution in [0.4, 0.5) is 0 Å². The van der Waals surface area contributed by atoms with Crippen LogP contribution in [0.5, 0.6) is 5.75 Å². The predicted octanol–water partition coefficient (Wildman–Crippen LogP) is 2.16. The Morgan fingerprint density at radius 3 is 2.83 bits per heavy atom. The van der Waals surface area contributed by atoms with Crippen molar-refractivity contribution in [3.63, 3.8) is 0 Å². The molecular formula is C18H17N3O3. The van der Waals surface area contributed by atoms with Gasteiger partial charge in [0.25, 0.3) is 11.5 Å². The summed E-state index contributed by atoms with van der Waals surface area (Å²) >= 11 is 0. The van der Waals surface area contributed by atoms with Crippen molar-refractivity contribution >= 4 is 16.8 Å². The van der Waals surface area contributed by atoms with Crippen LogP contribution in [-0.4, -0.2) is 22.2 Å². The molecule has 1 amide bonds. The Morgan fingerprint density at radius 2 is 2.00 bits per heavy atom. The van der Waals surface area contributed by atoms with Gasteiger partial charge in [-0.15, -0.1) is 0 Å². The molecule has 122 valence electrons. The number of carbonyl (C=O) groups excluding carboxylic acids is 1. The monoisotopic (exact) mass is 323 g/mol. The minimum Gasteiger partial charge on any atom is -0.483 e. The number of ether oxygens (including phenoxy) is 1. The van der Waals surface area contributed by atoms with Crippen LogP contribution in [0.2, 0.25) is 0 Å². The number of hydrogen-bond donors (Lipinski definition) is 1. The van der Waals surface area contributed by atoms with Crippen molar-refractivity contribution in [2.45, 2.75) is 13.8 Å². The molecular weight excluding hydrogens is 306 g/mol. The maximum Gasteiger partial charge on any atom is 0.280 e. The lowest BCUT2D eigenvalue weighted by atomic mass is 10.1. The number of fused-ring (bicyclic) bond motifs is 1. The van der Waals surface area contributed by atoms with Crippen LogP contribution in [0.1, 0.15) is 11.1 Å². The minimum absolute atomic E-state index is 0.191. The number of carbonyl (C=O) groups is 1. The van der Waals surface area contributed by atoms with Gasteiger partial charge in [-0.1, -0.05) is 24.3 Å². The first kappa shape index (κ1) is 15.7. The number of para-hydroxylation sites is 1. The number of nitrogens with one attached hydrogen (secondary N) is 1. The number of nitrogens with zero attached hydrogens (tertiary/aromatic N) is 2. The van der Waals surface area contributed by atoms with E-state index < -0.39 is 5.91 Å². The molecule has 0 bridgehead atoms. The van der Waals surface area contributed by atoms with Gasteiger partial charge in [0.2, 0.25) is 0 Å². The largest absolute Gasteiger partial charge is 0.483 e. The maximum absolute atomic E-state index is 12.3. The van der Waals surface area contributed by atoms with Gasteiger partial charge in [0.1, 0.15) is 12.1 Å². The summed E-state index contributed by atoms with van der Waals surface area (Å²) in [6.07, 6.45) is 1.29. The molecule has 2 aromatic carbocycles. The zero-order chi connectivity index (χ0) is 17.1. The first-order valence-corrected chi connectivity index (χ1v) is 7.51. The molecule has 6 nitrogen and oxygen atoms in total. The van der Waals surface area contributed by atoms with Crippen molar-refractivity contribution < 1.29 is 9.53 Å². The van der Waals surface area contributed by atoms with Gasteiger partial charge in [-0.25, -0.2) is 9.66 Å². The first-order chi connectivity index (χ1) is 11.5. The number of rotatable bonds is 4. The highest BCUT2D eigenvalue weighted by molar-refractivity contribution is 5.85. The molecule has 3 aromatic rings. The zero-order valence-electron chi connectivity index (χ0n) is 13.4. The topological polar surface area (TPSA) is 73.2 Å². The molecule has 0 fully saturated rings. The van der Waals surface area contributed by atoms with E-state index in [0.29, 0.717) is 16.7 Å². The Balaban J connectivity index is 1.72. The third kappa shape index (κ3) is 3.27. The Kier molecular flexibility index (Phi) is 4.29. The summed E-state index contributed by atoms with van der Waals surface area (Å²) in [6, 6.07) is 12.7. The summed E-state index contributed by atoms with van der Waals surface area (Å²) in [7, 11) is 0. The molecule has 0 atom stereocenters. The Labute approximate surface area is 138 Å².